The Kier molecular flexibility index (Phi) is 5.89. The maximum absolute atomic E-state index is 14.4. The molecule has 0 saturated carbocycles. The van der Waals surface area contributed by atoms with E-state index in [2.05, 4.69) is 4.74 Å². The standard InChI is InChI=1S/C11H3F19O2/c1-31-7(3(13,10(25,26)27)11(28,29)30)5(16,17)4(14,15)6(18,32-7)2(12,8(19,20)21)9(22,23)24/h1H3. The summed E-state index contributed by atoms with van der Waals surface area (Å²) in [5.41, 5.74) is -16.6. The number of hydrogen-bond acceptors (Lipinski definition) is 2. The van der Waals surface area contributed by atoms with Crippen LogP contribution in [0.1, 0.15) is 0 Å². The Morgan fingerprint density at radius 3 is 1.00 bits per heavy atom. The minimum Gasteiger partial charge on any atom is -0.345 e. The van der Waals surface area contributed by atoms with Crippen LogP contribution < -0.4 is 0 Å². The second-order valence-electron chi connectivity index (χ2n) is 5.97. The van der Waals surface area contributed by atoms with Gasteiger partial charge in [0.05, 0.1) is 0 Å². The van der Waals surface area contributed by atoms with Crippen molar-refractivity contribution in [2.45, 2.75) is 59.5 Å². The minimum atomic E-state index is -8.45. The van der Waals surface area contributed by atoms with Crippen LogP contribution in [0.3, 0.4) is 0 Å². The Hall–Kier alpha value is -1.41. The molecule has 0 spiro atoms. The molecule has 0 aromatic heterocycles. The van der Waals surface area contributed by atoms with Gasteiger partial charge in [-0.05, 0) is 0 Å². The van der Waals surface area contributed by atoms with Crippen LogP contribution >= 0.6 is 0 Å². The van der Waals surface area contributed by atoms with E-state index in [4.69, 9.17) is 0 Å². The lowest BCUT2D eigenvalue weighted by Crippen LogP contribution is -2.75. The quantitative estimate of drug-likeness (QED) is 0.421. The highest BCUT2D eigenvalue weighted by Crippen LogP contribution is 2.73. The van der Waals surface area contributed by atoms with Crippen molar-refractivity contribution in [2.75, 3.05) is 7.11 Å². The Morgan fingerprint density at radius 1 is 0.500 bits per heavy atom. The van der Waals surface area contributed by atoms with Crippen LogP contribution in [0.4, 0.5) is 83.4 Å². The normalized spacial score (nSPS) is 30.0. The Bertz CT molecular complexity index is 700. The van der Waals surface area contributed by atoms with E-state index in [1.165, 1.54) is 0 Å². The summed E-state index contributed by atoms with van der Waals surface area (Å²) in [5.74, 6) is -31.9. The average Bonchev–Trinajstić information content (AvgIpc) is 2.64. The van der Waals surface area contributed by atoms with Gasteiger partial charge in [-0.3, -0.25) is 4.74 Å². The van der Waals surface area contributed by atoms with E-state index in [1.54, 1.807) is 0 Å². The number of ether oxygens (including phenoxy) is 2. The van der Waals surface area contributed by atoms with Gasteiger partial charge in [0.25, 0.3) is 5.79 Å². The molecule has 0 aromatic rings. The van der Waals surface area contributed by atoms with Crippen molar-refractivity contribution in [2.24, 2.45) is 0 Å². The molecule has 192 valence electrons. The first kappa shape index (κ1) is 28.6. The number of alkyl halides is 19. The van der Waals surface area contributed by atoms with Gasteiger partial charge in [0, 0.05) is 7.11 Å². The van der Waals surface area contributed by atoms with Crippen molar-refractivity contribution in [1.82, 2.24) is 0 Å². The van der Waals surface area contributed by atoms with Crippen molar-refractivity contribution in [3.8, 4) is 0 Å². The number of rotatable bonds is 3. The van der Waals surface area contributed by atoms with Gasteiger partial charge in [0.15, 0.2) is 0 Å². The third-order valence-corrected chi connectivity index (χ3v) is 4.24. The molecule has 0 aliphatic carbocycles. The molecule has 2 atom stereocenters. The van der Waals surface area contributed by atoms with Gasteiger partial charge in [-0.25, -0.2) is 13.2 Å². The van der Waals surface area contributed by atoms with Gasteiger partial charge in [0.2, 0.25) is 0 Å². The van der Waals surface area contributed by atoms with Crippen LogP contribution in [-0.4, -0.2) is 66.6 Å². The molecule has 1 fully saturated rings. The van der Waals surface area contributed by atoms with Crippen LogP contribution in [0.15, 0.2) is 0 Å². The minimum absolute atomic E-state index is 1.03. The van der Waals surface area contributed by atoms with Crippen LogP contribution in [0.2, 0.25) is 0 Å². The molecule has 0 N–H and O–H groups in total. The van der Waals surface area contributed by atoms with Gasteiger partial charge in [-0.15, -0.1) is 0 Å². The number of methoxy groups -OCH3 is 1. The molecular weight excluding hydrogens is 525 g/mol. The fourth-order valence-corrected chi connectivity index (χ4v) is 2.68. The van der Waals surface area contributed by atoms with E-state index in [1.807, 2.05) is 4.74 Å². The fourth-order valence-electron chi connectivity index (χ4n) is 2.68. The monoisotopic (exact) mass is 528 g/mol. The molecule has 2 nitrogen and oxygen atoms in total. The third kappa shape index (κ3) is 2.77. The van der Waals surface area contributed by atoms with Crippen molar-refractivity contribution in [3.05, 3.63) is 0 Å². The van der Waals surface area contributed by atoms with Crippen LogP contribution in [0, 0.1) is 0 Å². The molecule has 0 amide bonds. The van der Waals surface area contributed by atoms with E-state index in [0.29, 0.717) is 0 Å². The van der Waals surface area contributed by atoms with Gasteiger partial charge in [0.1, 0.15) is 0 Å². The molecule has 1 aliphatic heterocycles. The van der Waals surface area contributed by atoms with Gasteiger partial charge < -0.3 is 4.74 Å². The smallest absolute Gasteiger partial charge is 0.345 e. The van der Waals surface area contributed by atoms with E-state index in [-0.39, 0.29) is 0 Å². The van der Waals surface area contributed by atoms with Crippen molar-refractivity contribution in [1.29, 1.82) is 0 Å². The zero-order chi connectivity index (χ0) is 26.4. The summed E-state index contributed by atoms with van der Waals surface area (Å²) in [6.45, 7) is 0. The highest BCUT2D eigenvalue weighted by Gasteiger charge is 3.06. The van der Waals surface area contributed by atoms with Crippen molar-refractivity contribution < 1.29 is 92.9 Å². The SMILES string of the molecule is COC1(C(F)(C(F)(F)F)C(F)(F)F)OC(F)(C(F)(C(F)(F)F)C(F)(F)F)C(F)(F)C1(F)F. The predicted molar refractivity (Wildman–Crippen MR) is 56.5 cm³/mol. The molecule has 0 radical (unpaired) electrons. The highest BCUT2D eigenvalue weighted by atomic mass is 19.4. The highest BCUT2D eigenvalue weighted by molar-refractivity contribution is 5.28. The third-order valence-electron chi connectivity index (χ3n) is 4.24. The molecule has 1 saturated heterocycles. The molecule has 0 aromatic carbocycles. The maximum atomic E-state index is 14.4. The van der Waals surface area contributed by atoms with Crippen molar-refractivity contribution in [3.63, 3.8) is 0 Å². The molecule has 2 unspecified atom stereocenters. The first-order valence-corrected chi connectivity index (χ1v) is 6.86. The zero-order valence-corrected chi connectivity index (χ0v) is 14.0. The lowest BCUT2D eigenvalue weighted by molar-refractivity contribution is -0.489. The Morgan fingerprint density at radius 2 is 0.781 bits per heavy atom. The summed E-state index contributed by atoms with van der Waals surface area (Å²) in [6.07, 6.45) is -32.3. The topological polar surface area (TPSA) is 18.5 Å². The first-order valence-electron chi connectivity index (χ1n) is 6.86. The average molecular weight is 528 g/mol. The lowest BCUT2D eigenvalue weighted by Gasteiger charge is -2.44. The summed E-state index contributed by atoms with van der Waals surface area (Å²) in [7, 11) is -1.03. The zero-order valence-electron chi connectivity index (χ0n) is 14.0. The Balaban J connectivity index is 4.29. The molecule has 1 rings (SSSR count). The second kappa shape index (κ2) is 6.59. The van der Waals surface area contributed by atoms with E-state index in [9.17, 15) is 83.4 Å². The van der Waals surface area contributed by atoms with Gasteiger partial charge >= 0.3 is 53.7 Å². The maximum Gasteiger partial charge on any atom is 0.437 e. The second-order valence-corrected chi connectivity index (χ2v) is 5.97. The van der Waals surface area contributed by atoms with Crippen LogP contribution in [0.5, 0.6) is 0 Å². The summed E-state index contributed by atoms with van der Waals surface area (Å²) in [4.78, 5) is 0. The van der Waals surface area contributed by atoms with Gasteiger partial charge in [-0.1, -0.05) is 0 Å². The van der Waals surface area contributed by atoms with Crippen molar-refractivity contribution >= 4 is 0 Å². The molecule has 21 heteroatoms. The van der Waals surface area contributed by atoms with Gasteiger partial charge in [-0.2, -0.15) is 70.2 Å². The number of halogens is 19. The molecule has 32 heavy (non-hydrogen) atoms. The summed E-state index contributed by atoms with van der Waals surface area (Å²) in [6, 6.07) is 0. The van der Waals surface area contributed by atoms with Crippen LogP contribution in [-0.2, 0) is 9.47 Å². The lowest BCUT2D eigenvalue weighted by atomic mass is 9.83. The van der Waals surface area contributed by atoms with Crippen LogP contribution in [0.25, 0.3) is 0 Å². The molecule has 0 bridgehead atoms. The fraction of sp³-hybridized carbons (Fsp3) is 1.00. The first-order chi connectivity index (χ1) is 13.5. The molecule has 1 heterocycles. The van der Waals surface area contributed by atoms with E-state index in [0.717, 1.165) is 0 Å². The summed E-state index contributed by atoms with van der Waals surface area (Å²) < 4.78 is 255. The predicted octanol–water partition coefficient (Wildman–Crippen LogP) is 5.96. The molecule has 1 aliphatic rings. The molecular formula is C11H3F19O2. The van der Waals surface area contributed by atoms with E-state index >= 15 is 0 Å². The largest absolute Gasteiger partial charge is 0.437 e. The number of hydrogen-bond donors (Lipinski definition) is 0. The summed E-state index contributed by atoms with van der Waals surface area (Å²) in [5, 5.41) is 0. The summed E-state index contributed by atoms with van der Waals surface area (Å²) >= 11 is 0. The Labute approximate surface area is 161 Å². The van der Waals surface area contributed by atoms with E-state index < -0.39 is 66.6 Å².